The predicted molar refractivity (Wildman–Crippen MR) is 129 cm³/mol. The Bertz CT molecular complexity index is 1100. The number of benzene rings is 2. The van der Waals surface area contributed by atoms with Crippen molar-refractivity contribution in [1.29, 1.82) is 0 Å². The minimum Gasteiger partial charge on any atom is -0.383 e. The Hall–Kier alpha value is -3.30. The Morgan fingerprint density at radius 1 is 1.18 bits per heavy atom. The highest BCUT2D eigenvalue weighted by molar-refractivity contribution is 5.87. The summed E-state index contributed by atoms with van der Waals surface area (Å²) in [5.74, 6) is -0.643. The minimum atomic E-state index is -0.775. The number of nitrogens with zero attached hydrogens (tertiary/aromatic N) is 3. The van der Waals surface area contributed by atoms with Crippen LogP contribution in [-0.4, -0.2) is 54.1 Å². The molecule has 9 heteroatoms. The number of carbonyl (C=O) groups is 1. The average molecular weight is 472 g/mol. The van der Waals surface area contributed by atoms with Crippen LogP contribution >= 0.6 is 0 Å². The van der Waals surface area contributed by atoms with Gasteiger partial charge in [-0.3, -0.25) is 10.00 Å². The summed E-state index contributed by atoms with van der Waals surface area (Å²) in [4.78, 5) is 13.1. The van der Waals surface area contributed by atoms with E-state index in [-0.39, 0.29) is 0 Å². The van der Waals surface area contributed by atoms with Crippen LogP contribution in [0.25, 0.3) is 11.3 Å². The lowest BCUT2D eigenvalue weighted by atomic mass is 9.98. The van der Waals surface area contributed by atoms with E-state index < -0.39 is 17.7 Å². The fourth-order valence-corrected chi connectivity index (χ4v) is 3.87. The number of ether oxygens (including phenoxy) is 1. The number of nitrogens with one attached hydrogen (secondary N) is 1. The van der Waals surface area contributed by atoms with Crippen molar-refractivity contribution >= 4 is 11.8 Å². The van der Waals surface area contributed by atoms with E-state index in [4.69, 9.17) is 10.5 Å². The summed E-state index contributed by atoms with van der Waals surface area (Å²) in [7, 11) is 3.44. The first kappa shape index (κ1) is 25.3. The van der Waals surface area contributed by atoms with Crippen molar-refractivity contribution in [2.75, 3.05) is 38.7 Å². The Morgan fingerprint density at radius 3 is 2.56 bits per heavy atom. The lowest BCUT2D eigenvalue weighted by Gasteiger charge is -2.15. The highest BCUT2D eigenvalue weighted by Crippen LogP contribution is 2.28. The maximum absolute atomic E-state index is 13.1. The number of anilines is 1. The highest BCUT2D eigenvalue weighted by Gasteiger charge is 2.24. The van der Waals surface area contributed by atoms with E-state index in [9.17, 15) is 13.6 Å². The fourth-order valence-electron chi connectivity index (χ4n) is 3.87. The molecule has 1 fully saturated rings. The fraction of sp³-hybridized carbons (Fsp3) is 0.360. The lowest BCUT2D eigenvalue weighted by molar-refractivity contribution is 0.160. The van der Waals surface area contributed by atoms with Gasteiger partial charge in [0.1, 0.15) is 5.82 Å². The molecule has 0 radical (unpaired) electrons. The van der Waals surface area contributed by atoms with Crippen LogP contribution < -0.4 is 11.1 Å². The molecule has 0 saturated carbocycles. The maximum Gasteiger partial charge on any atom is 0.317 e. The van der Waals surface area contributed by atoms with Crippen LogP contribution in [0.5, 0.6) is 0 Å². The van der Waals surface area contributed by atoms with Crippen molar-refractivity contribution in [3.8, 4) is 11.3 Å². The predicted octanol–water partition coefficient (Wildman–Crippen LogP) is 4.29. The van der Waals surface area contributed by atoms with Gasteiger partial charge in [-0.25, -0.2) is 13.6 Å². The van der Waals surface area contributed by atoms with E-state index in [1.165, 1.54) is 17.7 Å². The molecule has 34 heavy (non-hydrogen) atoms. The van der Waals surface area contributed by atoms with E-state index >= 15 is 0 Å². The van der Waals surface area contributed by atoms with E-state index in [1.54, 1.807) is 31.0 Å². The molecule has 1 atom stereocenters. The van der Waals surface area contributed by atoms with Gasteiger partial charge in [-0.2, -0.15) is 5.10 Å². The third-order valence-corrected chi connectivity index (χ3v) is 5.78. The topological polar surface area (TPSA) is 85.4 Å². The van der Waals surface area contributed by atoms with Crippen molar-refractivity contribution < 1.29 is 18.3 Å². The van der Waals surface area contributed by atoms with E-state index in [2.05, 4.69) is 15.3 Å². The highest BCUT2D eigenvalue weighted by atomic mass is 19.2. The number of carbonyl (C=O) groups excluding carboxylic acids is 1. The molecule has 1 aliphatic heterocycles. The third kappa shape index (κ3) is 6.85. The van der Waals surface area contributed by atoms with Gasteiger partial charge in [0.2, 0.25) is 0 Å². The van der Waals surface area contributed by atoms with Crippen LogP contribution in [-0.2, 0) is 11.8 Å². The zero-order valence-electron chi connectivity index (χ0n) is 19.7. The van der Waals surface area contributed by atoms with Crippen LogP contribution in [0.15, 0.2) is 48.5 Å². The summed E-state index contributed by atoms with van der Waals surface area (Å²) in [5, 5.41) is 6.82. The summed E-state index contributed by atoms with van der Waals surface area (Å²) in [6.07, 6.45) is 0.995. The molecule has 1 aromatic heterocycles. The lowest BCUT2D eigenvalue weighted by Crippen LogP contribution is -2.24. The van der Waals surface area contributed by atoms with Gasteiger partial charge in [-0.05, 0) is 43.5 Å². The minimum absolute atomic E-state index is 0.307. The molecule has 3 N–H and O–H groups in total. The first-order valence-corrected chi connectivity index (χ1v) is 11.1. The first-order chi connectivity index (χ1) is 16.3. The Balaban J connectivity index is 0.000000191. The van der Waals surface area contributed by atoms with Crippen LogP contribution in [0.2, 0.25) is 0 Å². The Morgan fingerprint density at radius 2 is 1.91 bits per heavy atom. The van der Waals surface area contributed by atoms with Gasteiger partial charge >= 0.3 is 6.03 Å². The first-order valence-electron chi connectivity index (χ1n) is 11.1. The summed E-state index contributed by atoms with van der Waals surface area (Å²) >= 11 is 0. The molecule has 0 spiro atoms. The van der Waals surface area contributed by atoms with Crippen molar-refractivity contribution in [3.05, 3.63) is 71.3 Å². The number of halogens is 2. The van der Waals surface area contributed by atoms with Gasteiger partial charge in [-0.15, -0.1) is 0 Å². The number of likely N-dealkylation sites (tertiary alicyclic amines) is 1. The summed E-state index contributed by atoms with van der Waals surface area (Å²) in [6, 6.07) is 13.4. The second-order valence-electron chi connectivity index (χ2n) is 8.35. The van der Waals surface area contributed by atoms with E-state index in [0.717, 1.165) is 42.9 Å². The van der Waals surface area contributed by atoms with Gasteiger partial charge in [0, 0.05) is 38.9 Å². The maximum atomic E-state index is 13.1. The second-order valence-corrected chi connectivity index (χ2v) is 8.35. The molecule has 2 heterocycles. The molecule has 0 aliphatic carbocycles. The number of nitrogens with two attached hydrogens (primary N) is 1. The third-order valence-electron chi connectivity index (χ3n) is 5.78. The van der Waals surface area contributed by atoms with Crippen molar-refractivity contribution in [3.63, 3.8) is 0 Å². The van der Waals surface area contributed by atoms with Crippen LogP contribution in [0, 0.1) is 18.6 Å². The zero-order chi connectivity index (χ0) is 24.7. The molecule has 0 bridgehead atoms. The Kier molecular flexibility index (Phi) is 8.72. The molecule has 1 saturated heterocycles. The summed E-state index contributed by atoms with van der Waals surface area (Å²) in [5.41, 5.74) is 8.96. The van der Waals surface area contributed by atoms with Crippen molar-refractivity contribution in [2.45, 2.75) is 19.3 Å². The molecule has 2 aromatic carbocycles. The van der Waals surface area contributed by atoms with Gasteiger partial charge in [-0.1, -0.05) is 35.9 Å². The number of hydrogen-bond acceptors (Lipinski definition) is 4. The average Bonchev–Trinajstić information content (AvgIpc) is 3.42. The number of rotatable bonds is 6. The van der Waals surface area contributed by atoms with Crippen molar-refractivity contribution in [1.82, 2.24) is 14.7 Å². The monoisotopic (exact) mass is 471 g/mol. The number of primary amides is 1. The number of aryl methyl sites for hydroxylation is 2. The molecule has 182 valence electrons. The van der Waals surface area contributed by atoms with Gasteiger partial charge in [0.25, 0.3) is 0 Å². The largest absolute Gasteiger partial charge is 0.383 e. The molecule has 3 aromatic rings. The zero-order valence-corrected chi connectivity index (χ0v) is 19.7. The van der Waals surface area contributed by atoms with Crippen LogP contribution in [0.1, 0.15) is 23.5 Å². The normalized spacial score (nSPS) is 15.6. The molecular formula is C25H31F2N5O2. The van der Waals surface area contributed by atoms with Crippen LogP contribution in [0.4, 0.5) is 19.4 Å². The summed E-state index contributed by atoms with van der Waals surface area (Å²) in [6.45, 7) is 5.53. The molecule has 2 amide bonds. The SMILES string of the molecule is COCCN1CCC(c2ccc(F)c(F)c2)C1.Cc1ccc(-c2cc(NC(N)=O)n(C)n2)cc1. The molecular weight excluding hydrogens is 440 g/mol. The number of amides is 2. The number of urea groups is 1. The molecule has 7 nitrogen and oxygen atoms in total. The van der Waals surface area contributed by atoms with Gasteiger partial charge in [0.05, 0.1) is 12.3 Å². The standard InChI is InChI=1S/C13H17F2NO.C12H14N4O/c1-17-7-6-16-5-4-11(9-16)10-2-3-12(14)13(15)8-10;1-8-3-5-9(6-4-8)10-7-11(14-12(13)17)16(2)15-10/h2-3,8,11H,4-7,9H2,1H3;3-7H,1-2H3,(H3,13,14,17). The van der Waals surface area contributed by atoms with E-state index in [0.29, 0.717) is 18.3 Å². The smallest absolute Gasteiger partial charge is 0.317 e. The van der Waals surface area contributed by atoms with Gasteiger partial charge in [0.15, 0.2) is 11.6 Å². The number of hydrogen-bond donors (Lipinski definition) is 2. The van der Waals surface area contributed by atoms with E-state index in [1.807, 2.05) is 31.2 Å². The quantitative estimate of drug-likeness (QED) is 0.562. The molecule has 4 rings (SSSR count). The van der Waals surface area contributed by atoms with Gasteiger partial charge < -0.3 is 15.4 Å². The Labute approximate surface area is 198 Å². The summed E-state index contributed by atoms with van der Waals surface area (Å²) < 4.78 is 32.6. The number of methoxy groups -OCH3 is 1. The second kappa shape index (κ2) is 11.7. The van der Waals surface area contributed by atoms with Crippen LogP contribution in [0.3, 0.4) is 0 Å². The van der Waals surface area contributed by atoms with Crippen molar-refractivity contribution in [2.24, 2.45) is 12.8 Å². The molecule has 1 aliphatic rings. The molecule has 1 unspecified atom stereocenters. The number of aromatic nitrogens is 2.